The lowest BCUT2D eigenvalue weighted by Gasteiger charge is -2.34. The van der Waals surface area contributed by atoms with E-state index in [2.05, 4.69) is 4.18 Å². The monoisotopic (exact) mass is 593 g/mol. The van der Waals surface area contributed by atoms with Crippen molar-refractivity contribution in [3.63, 3.8) is 0 Å². The number of allylic oxidation sites excluding steroid dienone is 1. The number of amides is 1. The third-order valence-corrected chi connectivity index (χ3v) is 7.79. The lowest BCUT2D eigenvalue weighted by atomic mass is 9.86. The van der Waals surface area contributed by atoms with Crippen molar-refractivity contribution in [1.29, 1.82) is 0 Å². The zero-order chi connectivity index (χ0) is 30.2. The third-order valence-electron chi connectivity index (χ3n) is 6.83. The second-order valence-electron chi connectivity index (χ2n) is 11.0. The van der Waals surface area contributed by atoms with Gasteiger partial charge in [-0.15, -0.1) is 0 Å². The van der Waals surface area contributed by atoms with Crippen molar-refractivity contribution in [2.24, 2.45) is 5.92 Å². The molecule has 3 aromatic carbocycles. The van der Waals surface area contributed by atoms with Crippen molar-refractivity contribution in [3.8, 4) is 0 Å². The largest absolute Gasteiger partial charge is 0.534 e. The number of fused-ring (bicyclic) bond motifs is 2. The molecule has 6 nitrogen and oxygen atoms in total. The summed E-state index contributed by atoms with van der Waals surface area (Å²) in [7, 11) is -5.89. The minimum atomic E-state index is -5.89. The Hall–Kier alpha value is -3.60. The van der Waals surface area contributed by atoms with Crippen molar-refractivity contribution in [3.05, 3.63) is 89.2 Å². The second-order valence-corrected chi connectivity index (χ2v) is 12.5. The molecule has 11 heteroatoms. The summed E-state index contributed by atoms with van der Waals surface area (Å²) in [5.74, 6) is -1.26. The number of carbonyl (C=O) groups is 1. The molecule has 0 aromatic heterocycles. The number of benzene rings is 3. The molecule has 2 atom stereocenters. The summed E-state index contributed by atoms with van der Waals surface area (Å²) in [5.41, 5.74) is -4.83. The Kier molecular flexibility index (Phi) is 8.40. The van der Waals surface area contributed by atoms with Crippen LogP contribution in [-0.4, -0.2) is 37.1 Å². The number of hydrogen-bond acceptors (Lipinski definition) is 5. The molecule has 4 rings (SSSR count). The molecule has 0 heterocycles. The lowest BCUT2D eigenvalue weighted by Crippen LogP contribution is -2.39. The second kappa shape index (κ2) is 11.3. The number of hydrogen-bond donors (Lipinski definition) is 0. The Morgan fingerprint density at radius 2 is 1.63 bits per heavy atom. The first-order valence-corrected chi connectivity index (χ1v) is 14.5. The fourth-order valence-corrected chi connectivity index (χ4v) is 5.37. The first-order chi connectivity index (χ1) is 19.1. The van der Waals surface area contributed by atoms with E-state index in [1.807, 2.05) is 0 Å². The van der Waals surface area contributed by atoms with Crippen LogP contribution in [0.3, 0.4) is 0 Å². The van der Waals surface area contributed by atoms with Crippen molar-refractivity contribution in [2.45, 2.75) is 57.7 Å². The van der Waals surface area contributed by atoms with Gasteiger partial charge in [0.2, 0.25) is 0 Å². The van der Waals surface area contributed by atoms with E-state index in [-0.39, 0.29) is 18.5 Å². The Morgan fingerprint density at radius 3 is 2.29 bits per heavy atom. The summed E-state index contributed by atoms with van der Waals surface area (Å²) in [5, 5.41) is 1.04. The summed E-state index contributed by atoms with van der Waals surface area (Å²) < 4.78 is 87.7. The fraction of sp³-hybridized carbons (Fsp3) is 0.367. The summed E-state index contributed by atoms with van der Waals surface area (Å²) >= 11 is 0. The molecule has 0 aliphatic heterocycles. The molecule has 0 N–H and O–H groups in total. The van der Waals surface area contributed by atoms with Crippen molar-refractivity contribution in [1.82, 2.24) is 4.90 Å². The quantitative estimate of drug-likeness (QED) is 0.159. The molecule has 0 spiro atoms. The van der Waals surface area contributed by atoms with Crippen LogP contribution in [0.1, 0.15) is 56.8 Å². The molecule has 0 bridgehead atoms. The molecule has 220 valence electrons. The van der Waals surface area contributed by atoms with Gasteiger partial charge in [-0.25, -0.2) is 9.18 Å². The average molecular weight is 594 g/mol. The first kappa shape index (κ1) is 30.4. The van der Waals surface area contributed by atoms with E-state index in [4.69, 9.17) is 4.74 Å². The van der Waals surface area contributed by atoms with Crippen LogP contribution >= 0.6 is 0 Å². The summed E-state index contributed by atoms with van der Waals surface area (Å²) in [6, 6.07) is 15.8. The SMILES string of the molecule is C[C@H](c1ccc(F)c2ccccc12)N(CC[C@H]1C=C(OS(=O)(=O)C(F)(F)F)c2ccccc2C1)C(=O)OC(C)(C)C. The summed E-state index contributed by atoms with van der Waals surface area (Å²) in [6.07, 6.45) is 1.40. The Morgan fingerprint density at radius 1 is 1.00 bits per heavy atom. The van der Waals surface area contributed by atoms with Gasteiger partial charge in [0.15, 0.2) is 0 Å². The standard InChI is InChI=1S/C30H31F4NO5S/c1-19(22-13-14-26(31)25-12-8-7-11-24(22)25)35(28(36)39-29(2,3)4)16-15-20-17-21-9-5-6-10-23(21)27(18-20)40-41(37,38)30(32,33)34/h5-14,18-20H,15-17H2,1-4H3/t19-,20-/m1/s1. The zero-order valence-electron chi connectivity index (χ0n) is 23.0. The number of halogens is 4. The highest BCUT2D eigenvalue weighted by Gasteiger charge is 2.49. The molecule has 3 aromatic rings. The molecular formula is C30H31F4NO5S. The van der Waals surface area contributed by atoms with Gasteiger partial charge in [0, 0.05) is 17.5 Å². The first-order valence-electron chi connectivity index (χ1n) is 13.0. The molecule has 0 unspecified atom stereocenters. The van der Waals surface area contributed by atoms with Crippen LogP contribution in [0.4, 0.5) is 22.4 Å². The van der Waals surface area contributed by atoms with Crippen LogP contribution in [-0.2, 0) is 25.5 Å². The molecule has 0 radical (unpaired) electrons. The maximum atomic E-state index is 14.5. The van der Waals surface area contributed by atoms with E-state index in [1.165, 1.54) is 23.1 Å². The summed E-state index contributed by atoms with van der Waals surface area (Å²) in [6.45, 7) is 7.09. The number of alkyl halides is 3. The van der Waals surface area contributed by atoms with Crippen LogP contribution in [0.2, 0.25) is 0 Å². The maximum absolute atomic E-state index is 14.5. The molecule has 1 amide bonds. The average Bonchev–Trinajstić information content (AvgIpc) is 2.87. The van der Waals surface area contributed by atoms with Gasteiger partial charge < -0.3 is 13.8 Å². The Labute approximate surface area is 236 Å². The van der Waals surface area contributed by atoms with Gasteiger partial charge in [-0.2, -0.15) is 21.6 Å². The topological polar surface area (TPSA) is 72.9 Å². The molecule has 0 saturated heterocycles. The van der Waals surface area contributed by atoms with Crippen LogP contribution in [0.25, 0.3) is 16.5 Å². The van der Waals surface area contributed by atoms with Crippen LogP contribution < -0.4 is 0 Å². The van der Waals surface area contributed by atoms with Crippen molar-refractivity contribution in [2.75, 3.05) is 6.54 Å². The van der Waals surface area contributed by atoms with Gasteiger partial charge in [-0.1, -0.05) is 54.6 Å². The van der Waals surface area contributed by atoms with Gasteiger partial charge in [-0.3, -0.25) is 0 Å². The van der Waals surface area contributed by atoms with Crippen molar-refractivity contribution >= 4 is 32.7 Å². The van der Waals surface area contributed by atoms with Gasteiger partial charge in [0.05, 0.1) is 6.04 Å². The molecule has 0 fully saturated rings. The Balaban J connectivity index is 1.66. The normalized spacial score (nSPS) is 16.5. The highest BCUT2D eigenvalue weighted by Crippen LogP contribution is 2.37. The molecule has 0 saturated carbocycles. The van der Waals surface area contributed by atoms with Gasteiger partial charge in [0.25, 0.3) is 0 Å². The van der Waals surface area contributed by atoms with Gasteiger partial charge in [0.1, 0.15) is 17.2 Å². The lowest BCUT2D eigenvalue weighted by molar-refractivity contribution is -0.0509. The van der Waals surface area contributed by atoms with E-state index in [9.17, 15) is 30.8 Å². The van der Waals surface area contributed by atoms with E-state index in [0.29, 0.717) is 28.3 Å². The smallest absolute Gasteiger partial charge is 0.444 e. The Bertz CT molecular complexity index is 1580. The van der Waals surface area contributed by atoms with Crippen LogP contribution in [0.15, 0.2) is 66.7 Å². The number of carbonyl (C=O) groups excluding carboxylic acids is 1. The number of nitrogens with zero attached hydrogens (tertiary/aromatic N) is 1. The van der Waals surface area contributed by atoms with Gasteiger partial charge >= 0.3 is 21.7 Å². The number of ether oxygens (including phenoxy) is 1. The predicted octanol–water partition coefficient (Wildman–Crippen LogP) is 7.75. The molecule has 41 heavy (non-hydrogen) atoms. The minimum Gasteiger partial charge on any atom is -0.444 e. The highest BCUT2D eigenvalue weighted by molar-refractivity contribution is 7.87. The van der Waals surface area contributed by atoms with E-state index < -0.39 is 50.9 Å². The molecule has 1 aliphatic rings. The van der Waals surface area contributed by atoms with Crippen LogP contribution in [0.5, 0.6) is 0 Å². The zero-order valence-corrected chi connectivity index (χ0v) is 23.9. The highest BCUT2D eigenvalue weighted by atomic mass is 32.2. The predicted molar refractivity (Wildman–Crippen MR) is 148 cm³/mol. The van der Waals surface area contributed by atoms with Gasteiger partial charge in [-0.05, 0) is 75.1 Å². The van der Waals surface area contributed by atoms with E-state index >= 15 is 0 Å². The van der Waals surface area contributed by atoms with Crippen LogP contribution in [0, 0.1) is 11.7 Å². The van der Waals surface area contributed by atoms with E-state index in [1.54, 1.807) is 76.2 Å². The minimum absolute atomic E-state index is 0.115. The maximum Gasteiger partial charge on any atom is 0.534 e. The third kappa shape index (κ3) is 6.83. The van der Waals surface area contributed by atoms with E-state index in [0.717, 1.165) is 0 Å². The number of rotatable bonds is 7. The molecular weight excluding hydrogens is 562 g/mol. The van der Waals surface area contributed by atoms with Crippen molar-refractivity contribution < 1.29 is 39.7 Å². The summed E-state index contributed by atoms with van der Waals surface area (Å²) in [4.78, 5) is 14.9. The molecule has 1 aliphatic carbocycles. The fourth-order valence-electron chi connectivity index (χ4n) is 4.89.